The van der Waals surface area contributed by atoms with E-state index in [1.165, 1.54) is 12.1 Å². The molecule has 4 nitrogen and oxygen atoms in total. The fourth-order valence-electron chi connectivity index (χ4n) is 1.33. The minimum atomic E-state index is -3.87. The summed E-state index contributed by atoms with van der Waals surface area (Å²) in [6.45, 7) is 1.77. The molecule has 0 N–H and O–H groups in total. The van der Waals surface area contributed by atoms with Gasteiger partial charge >= 0.3 is 10.1 Å². The number of para-hydroxylation sites is 1. The smallest absolute Gasteiger partial charge is 0.340 e. The molecule has 0 aliphatic heterocycles. The number of benzene rings is 1. The standard InChI is InChI=1S/C12H10ClNO3S/c1-9-4-2-3-5-11(9)17-18(15,16)10-6-7-12(13)14-8-10/h2-8H,1H3. The predicted molar refractivity (Wildman–Crippen MR) is 68.2 cm³/mol. The monoisotopic (exact) mass is 283 g/mol. The zero-order valence-corrected chi connectivity index (χ0v) is 11.1. The third-order valence-corrected chi connectivity index (χ3v) is 3.72. The van der Waals surface area contributed by atoms with Crippen molar-refractivity contribution in [2.75, 3.05) is 0 Å². The molecule has 1 aromatic heterocycles. The van der Waals surface area contributed by atoms with Crippen LogP contribution in [0.25, 0.3) is 0 Å². The molecule has 0 aliphatic carbocycles. The lowest BCUT2D eigenvalue weighted by atomic mass is 10.2. The van der Waals surface area contributed by atoms with E-state index in [0.29, 0.717) is 5.75 Å². The third-order valence-electron chi connectivity index (χ3n) is 2.28. The number of hydrogen-bond donors (Lipinski definition) is 0. The van der Waals surface area contributed by atoms with Crippen LogP contribution in [-0.4, -0.2) is 13.4 Å². The van der Waals surface area contributed by atoms with Gasteiger partial charge in [0.15, 0.2) is 0 Å². The first-order chi connectivity index (χ1) is 8.49. The zero-order chi connectivity index (χ0) is 13.2. The summed E-state index contributed by atoms with van der Waals surface area (Å²) < 4.78 is 29.0. The number of nitrogens with zero attached hydrogens (tertiary/aromatic N) is 1. The molecule has 6 heteroatoms. The summed E-state index contributed by atoms with van der Waals surface area (Å²) in [5, 5.41) is 0.227. The second kappa shape index (κ2) is 4.96. The van der Waals surface area contributed by atoms with Gasteiger partial charge in [0, 0.05) is 0 Å². The van der Waals surface area contributed by atoms with Crippen LogP contribution >= 0.6 is 11.6 Å². The van der Waals surface area contributed by atoms with Crippen molar-refractivity contribution < 1.29 is 12.6 Å². The van der Waals surface area contributed by atoms with Gasteiger partial charge in [0.2, 0.25) is 0 Å². The van der Waals surface area contributed by atoms with Crippen molar-refractivity contribution in [2.45, 2.75) is 11.8 Å². The van der Waals surface area contributed by atoms with E-state index in [-0.39, 0.29) is 10.0 Å². The highest BCUT2D eigenvalue weighted by molar-refractivity contribution is 7.87. The summed E-state index contributed by atoms with van der Waals surface area (Å²) in [6.07, 6.45) is 1.16. The van der Waals surface area contributed by atoms with E-state index in [4.69, 9.17) is 15.8 Å². The summed E-state index contributed by atoms with van der Waals surface area (Å²) >= 11 is 5.60. The van der Waals surface area contributed by atoms with Crippen LogP contribution in [0, 0.1) is 6.92 Å². The number of rotatable bonds is 3. The Morgan fingerprint density at radius 3 is 2.50 bits per heavy atom. The molecule has 0 fully saturated rings. The number of halogens is 1. The summed E-state index contributed by atoms with van der Waals surface area (Å²) in [5.41, 5.74) is 0.739. The molecule has 0 amide bonds. The van der Waals surface area contributed by atoms with Crippen molar-refractivity contribution in [1.29, 1.82) is 0 Å². The highest BCUT2D eigenvalue weighted by Crippen LogP contribution is 2.22. The van der Waals surface area contributed by atoms with E-state index in [1.54, 1.807) is 31.2 Å². The lowest BCUT2D eigenvalue weighted by Gasteiger charge is -2.08. The zero-order valence-electron chi connectivity index (χ0n) is 9.50. The predicted octanol–water partition coefficient (Wildman–Crippen LogP) is 2.81. The van der Waals surface area contributed by atoms with Gasteiger partial charge < -0.3 is 4.18 Å². The molecule has 0 saturated carbocycles. The fraction of sp³-hybridized carbons (Fsp3) is 0.0833. The summed E-state index contributed by atoms with van der Waals surface area (Å²) in [6, 6.07) is 9.62. The largest absolute Gasteiger partial charge is 0.379 e. The summed E-state index contributed by atoms with van der Waals surface area (Å²) in [4.78, 5) is 3.68. The third kappa shape index (κ3) is 2.80. The van der Waals surface area contributed by atoms with Crippen LogP contribution in [0.5, 0.6) is 5.75 Å². The van der Waals surface area contributed by atoms with E-state index in [9.17, 15) is 8.42 Å². The molecule has 0 saturated heterocycles. The fourth-order valence-corrected chi connectivity index (χ4v) is 2.37. The molecule has 2 aromatic rings. The average Bonchev–Trinajstić information content (AvgIpc) is 2.32. The Balaban J connectivity index is 2.33. The summed E-state index contributed by atoms with van der Waals surface area (Å²) in [7, 11) is -3.87. The minimum Gasteiger partial charge on any atom is -0.379 e. The average molecular weight is 284 g/mol. The lowest BCUT2D eigenvalue weighted by Crippen LogP contribution is -2.10. The quantitative estimate of drug-likeness (QED) is 0.642. The second-order valence-electron chi connectivity index (χ2n) is 3.62. The first kappa shape index (κ1) is 12.9. The molecule has 0 spiro atoms. The molecule has 94 valence electrons. The number of aromatic nitrogens is 1. The molecule has 0 aliphatic rings. The van der Waals surface area contributed by atoms with Gasteiger partial charge in [-0.1, -0.05) is 29.8 Å². The Morgan fingerprint density at radius 2 is 1.89 bits per heavy atom. The Kier molecular flexibility index (Phi) is 3.54. The van der Waals surface area contributed by atoms with Gasteiger partial charge in [-0.15, -0.1) is 0 Å². The molecule has 18 heavy (non-hydrogen) atoms. The molecular formula is C12H10ClNO3S. The summed E-state index contributed by atoms with van der Waals surface area (Å²) in [5.74, 6) is 0.299. The normalized spacial score (nSPS) is 11.2. The number of aryl methyl sites for hydroxylation is 1. The maximum absolute atomic E-state index is 12.0. The molecule has 0 atom stereocenters. The lowest BCUT2D eigenvalue weighted by molar-refractivity contribution is 0.484. The Bertz CT molecular complexity index is 653. The second-order valence-corrected chi connectivity index (χ2v) is 5.55. The van der Waals surface area contributed by atoms with Gasteiger partial charge in [-0.05, 0) is 30.7 Å². The van der Waals surface area contributed by atoms with Crippen molar-refractivity contribution in [3.63, 3.8) is 0 Å². The van der Waals surface area contributed by atoms with E-state index >= 15 is 0 Å². The minimum absolute atomic E-state index is 0.0323. The van der Waals surface area contributed by atoms with E-state index < -0.39 is 10.1 Å². The molecular weight excluding hydrogens is 274 g/mol. The van der Waals surface area contributed by atoms with E-state index in [0.717, 1.165) is 11.8 Å². The Hall–Kier alpha value is -1.59. The molecule has 2 rings (SSSR count). The topological polar surface area (TPSA) is 56.3 Å². The Morgan fingerprint density at radius 1 is 1.17 bits per heavy atom. The van der Waals surface area contributed by atoms with Crippen molar-refractivity contribution >= 4 is 21.7 Å². The van der Waals surface area contributed by atoms with Crippen molar-refractivity contribution in [3.05, 3.63) is 53.3 Å². The van der Waals surface area contributed by atoms with Crippen molar-refractivity contribution in [2.24, 2.45) is 0 Å². The van der Waals surface area contributed by atoms with Crippen LogP contribution in [0.1, 0.15) is 5.56 Å². The molecule has 1 aromatic carbocycles. The van der Waals surface area contributed by atoms with Gasteiger partial charge in [-0.2, -0.15) is 8.42 Å². The van der Waals surface area contributed by atoms with Crippen LogP contribution in [-0.2, 0) is 10.1 Å². The van der Waals surface area contributed by atoms with Gasteiger partial charge in [0.05, 0.1) is 6.20 Å². The number of pyridine rings is 1. The van der Waals surface area contributed by atoms with Gasteiger partial charge in [-0.3, -0.25) is 0 Å². The maximum atomic E-state index is 12.0. The molecule has 0 unspecified atom stereocenters. The van der Waals surface area contributed by atoms with Gasteiger partial charge in [0.25, 0.3) is 0 Å². The van der Waals surface area contributed by atoms with Crippen LogP contribution in [0.2, 0.25) is 5.15 Å². The van der Waals surface area contributed by atoms with Crippen molar-refractivity contribution in [1.82, 2.24) is 4.98 Å². The molecule has 0 radical (unpaired) electrons. The van der Waals surface area contributed by atoms with Crippen LogP contribution in [0.4, 0.5) is 0 Å². The highest BCUT2D eigenvalue weighted by Gasteiger charge is 2.17. The van der Waals surface area contributed by atoms with Gasteiger partial charge in [-0.25, -0.2) is 4.98 Å². The van der Waals surface area contributed by atoms with Crippen LogP contribution in [0.3, 0.4) is 0 Å². The van der Waals surface area contributed by atoms with E-state index in [2.05, 4.69) is 4.98 Å². The van der Waals surface area contributed by atoms with Crippen LogP contribution in [0.15, 0.2) is 47.5 Å². The molecule has 0 bridgehead atoms. The first-order valence-electron chi connectivity index (χ1n) is 5.11. The number of hydrogen-bond acceptors (Lipinski definition) is 4. The van der Waals surface area contributed by atoms with Crippen LogP contribution < -0.4 is 4.18 Å². The SMILES string of the molecule is Cc1ccccc1OS(=O)(=O)c1ccc(Cl)nc1. The van der Waals surface area contributed by atoms with Crippen molar-refractivity contribution in [3.8, 4) is 5.75 Å². The van der Waals surface area contributed by atoms with Gasteiger partial charge in [0.1, 0.15) is 15.8 Å². The van der Waals surface area contributed by atoms with E-state index in [1.807, 2.05) is 0 Å². The Labute approximate surface area is 110 Å². The first-order valence-corrected chi connectivity index (χ1v) is 6.89. The molecule has 1 heterocycles. The highest BCUT2D eigenvalue weighted by atomic mass is 35.5. The maximum Gasteiger partial charge on any atom is 0.340 e.